The summed E-state index contributed by atoms with van der Waals surface area (Å²) in [5.41, 5.74) is 1.05. The predicted octanol–water partition coefficient (Wildman–Crippen LogP) is 0.750. The summed E-state index contributed by atoms with van der Waals surface area (Å²) in [7, 11) is -7.19. The fourth-order valence-electron chi connectivity index (χ4n) is 2.37. The Kier molecular flexibility index (Phi) is 6.38. The molecular weight excluding hydrogens is 352 g/mol. The van der Waals surface area contributed by atoms with E-state index in [9.17, 15) is 16.8 Å². The summed E-state index contributed by atoms with van der Waals surface area (Å²) < 4.78 is 57.6. The Morgan fingerprint density at radius 2 is 1.67 bits per heavy atom. The molecule has 1 saturated heterocycles. The van der Waals surface area contributed by atoms with Crippen LogP contribution < -0.4 is 4.72 Å². The zero-order chi connectivity index (χ0) is 17.8. The van der Waals surface area contributed by atoms with E-state index in [0.717, 1.165) is 5.56 Å². The molecule has 0 aliphatic carbocycles. The van der Waals surface area contributed by atoms with Crippen molar-refractivity contribution in [1.82, 2.24) is 9.03 Å². The van der Waals surface area contributed by atoms with Crippen molar-refractivity contribution >= 4 is 20.0 Å². The lowest BCUT2D eigenvalue weighted by molar-refractivity contribution is 0.0730. The second kappa shape index (κ2) is 7.92. The Bertz CT molecular complexity index is 737. The molecule has 1 aliphatic rings. The van der Waals surface area contributed by atoms with E-state index in [1.165, 1.54) is 16.4 Å². The van der Waals surface area contributed by atoms with Crippen LogP contribution in [0.25, 0.3) is 0 Å². The van der Waals surface area contributed by atoms with E-state index in [-0.39, 0.29) is 17.2 Å². The molecule has 1 N–H and O–H groups in total. The summed E-state index contributed by atoms with van der Waals surface area (Å²) in [6, 6.07) is 6.61. The highest BCUT2D eigenvalue weighted by Crippen LogP contribution is 2.17. The molecule has 24 heavy (non-hydrogen) atoms. The second-order valence-corrected chi connectivity index (χ2v) is 9.80. The van der Waals surface area contributed by atoms with Crippen molar-refractivity contribution in [2.45, 2.75) is 24.7 Å². The molecule has 0 unspecified atom stereocenters. The number of ether oxygens (including phenoxy) is 1. The smallest absolute Gasteiger partial charge is 0.240 e. The maximum Gasteiger partial charge on any atom is 0.240 e. The van der Waals surface area contributed by atoms with Crippen LogP contribution in [-0.2, 0) is 24.8 Å². The molecule has 9 heteroatoms. The van der Waals surface area contributed by atoms with Gasteiger partial charge in [-0.25, -0.2) is 21.6 Å². The quantitative estimate of drug-likeness (QED) is 0.758. The van der Waals surface area contributed by atoms with Crippen LogP contribution in [0.2, 0.25) is 0 Å². The summed E-state index contributed by atoms with van der Waals surface area (Å²) in [6.07, 6.45) is 0. The molecule has 0 spiro atoms. The number of rotatable bonds is 7. The highest BCUT2D eigenvalue weighted by Gasteiger charge is 2.24. The Morgan fingerprint density at radius 1 is 1.08 bits per heavy atom. The first kappa shape index (κ1) is 19.3. The van der Waals surface area contributed by atoms with Crippen molar-refractivity contribution < 1.29 is 21.6 Å². The third kappa shape index (κ3) is 5.00. The average molecular weight is 377 g/mol. The van der Waals surface area contributed by atoms with Gasteiger partial charge in [0.25, 0.3) is 0 Å². The summed E-state index contributed by atoms with van der Waals surface area (Å²) in [5.74, 6) is 0.0458. The minimum absolute atomic E-state index is 0.135. The summed E-state index contributed by atoms with van der Waals surface area (Å²) in [6.45, 7) is 5.25. The fourth-order valence-corrected chi connectivity index (χ4v) is 4.86. The first-order valence-corrected chi connectivity index (χ1v) is 11.0. The number of hydrogen-bond donors (Lipinski definition) is 1. The SMILES string of the molecule is CC(C)c1ccc(S(=O)(=O)NCCS(=O)(=O)N2CCOCC2)cc1. The molecule has 0 saturated carbocycles. The van der Waals surface area contributed by atoms with Gasteiger partial charge in [-0.2, -0.15) is 4.31 Å². The fraction of sp³-hybridized carbons (Fsp3) is 0.600. The van der Waals surface area contributed by atoms with Gasteiger partial charge in [-0.15, -0.1) is 0 Å². The van der Waals surface area contributed by atoms with E-state index in [1.807, 2.05) is 13.8 Å². The van der Waals surface area contributed by atoms with Gasteiger partial charge in [-0.05, 0) is 23.6 Å². The normalized spacial score (nSPS) is 17.3. The molecule has 1 heterocycles. The van der Waals surface area contributed by atoms with Crippen LogP contribution in [0.3, 0.4) is 0 Å². The molecule has 1 fully saturated rings. The standard InChI is InChI=1S/C15H24N2O5S2/c1-13(2)14-3-5-15(6-4-14)24(20,21)16-7-12-23(18,19)17-8-10-22-11-9-17/h3-6,13,16H,7-12H2,1-2H3. The Labute approximate surface area is 144 Å². The molecular formula is C15H24N2O5S2. The molecule has 136 valence electrons. The van der Waals surface area contributed by atoms with E-state index in [0.29, 0.717) is 32.2 Å². The number of nitrogens with one attached hydrogen (secondary N) is 1. The summed E-state index contributed by atoms with van der Waals surface area (Å²) in [5, 5.41) is 0. The highest BCUT2D eigenvalue weighted by atomic mass is 32.2. The van der Waals surface area contributed by atoms with Crippen LogP contribution in [0.15, 0.2) is 29.2 Å². The van der Waals surface area contributed by atoms with Gasteiger partial charge < -0.3 is 4.74 Å². The lowest BCUT2D eigenvalue weighted by Crippen LogP contribution is -2.43. The van der Waals surface area contributed by atoms with Gasteiger partial charge in [0.15, 0.2) is 0 Å². The molecule has 0 bridgehead atoms. The number of benzene rings is 1. The van der Waals surface area contributed by atoms with Crippen LogP contribution in [0.5, 0.6) is 0 Å². The third-order valence-corrected chi connectivity index (χ3v) is 7.22. The first-order chi connectivity index (χ1) is 11.2. The Hall–Kier alpha value is -1.00. The van der Waals surface area contributed by atoms with Crippen molar-refractivity contribution in [2.24, 2.45) is 0 Å². The summed E-state index contributed by atoms with van der Waals surface area (Å²) in [4.78, 5) is 0.135. The van der Waals surface area contributed by atoms with E-state index in [4.69, 9.17) is 4.74 Å². The van der Waals surface area contributed by atoms with Crippen LogP contribution in [0.4, 0.5) is 0 Å². The Balaban J connectivity index is 1.94. The van der Waals surface area contributed by atoms with Crippen LogP contribution in [0.1, 0.15) is 25.3 Å². The van der Waals surface area contributed by atoms with Gasteiger partial charge in [0.1, 0.15) is 0 Å². The molecule has 0 amide bonds. The zero-order valence-corrected chi connectivity index (χ0v) is 15.6. The monoisotopic (exact) mass is 376 g/mol. The average Bonchev–Trinajstić information content (AvgIpc) is 2.55. The largest absolute Gasteiger partial charge is 0.379 e. The van der Waals surface area contributed by atoms with Gasteiger partial charge >= 0.3 is 0 Å². The predicted molar refractivity (Wildman–Crippen MR) is 91.9 cm³/mol. The molecule has 1 aromatic carbocycles. The van der Waals surface area contributed by atoms with Gasteiger partial charge in [-0.1, -0.05) is 26.0 Å². The van der Waals surface area contributed by atoms with Crippen molar-refractivity contribution in [1.29, 1.82) is 0 Å². The maximum atomic E-state index is 12.2. The van der Waals surface area contributed by atoms with Gasteiger partial charge in [0.05, 0.1) is 23.9 Å². The van der Waals surface area contributed by atoms with Crippen LogP contribution in [0, 0.1) is 0 Å². The molecule has 2 rings (SSSR count). The molecule has 0 radical (unpaired) electrons. The number of morpholine rings is 1. The summed E-state index contributed by atoms with van der Waals surface area (Å²) >= 11 is 0. The molecule has 0 aromatic heterocycles. The maximum absolute atomic E-state index is 12.2. The molecule has 1 aliphatic heterocycles. The highest BCUT2D eigenvalue weighted by molar-refractivity contribution is 7.90. The number of sulfonamides is 2. The lowest BCUT2D eigenvalue weighted by Gasteiger charge is -2.26. The molecule has 7 nitrogen and oxygen atoms in total. The molecule has 1 aromatic rings. The van der Waals surface area contributed by atoms with E-state index >= 15 is 0 Å². The minimum Gasteiger partial charge on any atom is -0.379 e. The van der Waals surface area contributed by atoms with E-state index < -0.39 is 20.0 Å². The second-order valence-electron chi connectivity index (χ2n) is 5.95. The minimum atomic E-state index is -3.71. The lowest BCUT2D eigenvalue weighted by atomic mass is 10.0. The van der Waals surface area contributed by atoms with Gasteiger partial charge in [0, 0.05) is 19.6 Å². The van der Waals surface area contributed by atoms with Crippen molar-refractivity contribution in [3.63, 3.8) is 0 Å². The van der Waals surface area contributed by atoms with Crippen molar-refractivity contribution in [3.8, 4) is 0 Å². The van der Waals surface area contributed by atoms with Crippen LogP contribution in [-0.4, -0.2) is 59.7 Å². The van der Waals surface area contributed by atoms with Crippen LogP contribution >= 0.6 is 0 Å². The van der Waals surface area contributed by atoms with Crippen molar-refractivity contribution in [2.75, 3.05) is 38.6 Å². The topological polar surface area (TPSA) is 92.8 Å². The first-order valence-electron chi connectivity index (χ1n) is 7.87. The molecule has 0 atom stereocenters. The van der Waals surface area contributed by atoms with E-state index in [2.05, 4.69) is 4.72 Å². The van der Waals surface area contributed by atoms with Gasteiger partial charge in [-0.3, -0.25) is 0 Å². The number of nitrogens with zero attached hydrogens (tertiary/aromatic N) is 1. The number of hydrogen-bond acceptors (Lipinski definition) is 5. The Morgan fingerprint density at radius 3 is 2.21 bits per heavy atom. The van der Waals surface area contributed by atoms with Gasteiger partial charge in [0.2, 0.25) is 20.0 Å². The van der Waals surface area contributed by atoms with E-state index in [1.54, 1.807) is 12.1 Å². The van der Waals surface area contributed by atoms with Crippen molar-refractivity contribution in [3.05, 3.63) is 29.8 Å². The third-order valence-electron chi connectivity index (χ3n) is 3.87. The zero-order valence-electron chi connectivity index (χ0n) is 13.9.